The average Bonchev–Trinajstić information content (AvgIpc) is 2.83. The Hall–Kier alpha value is -3.27. The van der Waals surface area contributed by atoms with Gasteiger partial charge in [0.25, 0.3) is 0 Å². The van der Waals surface area contributed by atoms with E-state index in [1.165, 1.54) is 17.5 Å². The minimum Gasteiger partial charge on any atom is -0.462 e. The number of rotatable bonds is 9. The summed E-state index contributed by atoms with van der Waals surface area (Å²) in [7, 11) is 0. The van der Waals surface area contributed by atoms with Gasteiger partial charge in [-0.05, 0) is 75.8 Å². The van der Waals surface area contributed by atoms with Crippen molar-refractivity contribution < 1.29 is 9.53 Å². The lowest BCUT2D eigenvalue weighted by molar-refractivity contribution is 0.101. The van der Waals surface area contributed by atoms with Crippen LogP contribution in [0.3, 0.4) is 0 Å². The van der Waals surface area contributed by atoms with Gasteiger partial charge in [0.2, 0.25) is 0 Å². The highest BCUT2D eigenvalue weighted by Crippen LogP contribution is 2.28. The third-order valence-electron chi connectivity index (χ3n) is 6.20. The summed E-state index contributed by atoms with van der Waals surface area (Å²) >= 11 is 0. The van der Waals surface area contributed by atoms with Crippen LogP contribution in [-0.4, -0.2) is 15.8 Å². The molecule has 0 N–H and O–H groups in total. The topological polar surface area (TPSA) is 52.1 Å². The molecule has 3 aromatic rings. The fraction of sp³-hybridized carbons (Fsp3) is 0.387. The van der Waals surface area contributed by atoms with Gasteiger partial charge in [0.1, 0.15) is 5.75 Å². The Balaban J connectivity index is 0.000000250. The number of hydrogen-bond donors (Lipinski definition) is 0. The summed E-state index contributed by atoms with van der Waals surface area (Å²) in [6, 6.07) is 13.7. The van der Waals surface area contributed by atoms with E-state index in [4.69, 9.17) is 4.74 Å². The Morgan fingerprint density at radius 3 is 2.29 bits per heavy atom. The Morgan fingerprint density at radius 2 is 1.69 bits per heavy atom. The Kier molecular flexibility index (Phi) is 10.8. The van der Waals surface area contributed by atoms with Crippen LogP contribution in [0.15, 0.2) is 67.2 Å². The van der Waals surface area contributed by atoms with Crippen LogP contribution in [0.4, 0.5) is 0 Å². The molecule has 0 amide bonds. The largest absolute Gasteiger partial charge is 0.462 e. The summed E-state index contributed by atoms with van der Waals surface area (Å²) in [5.41, 5.74) is 5.00. The summed E-state index contributed by atoms with van der Waals surface area (Å²) in [5, 5.41) is 0. The van der Waals surface area contributed by atoms with Crippen LogP contribution in [0, 0.1) is 32.6 Å². The van der Waals surface area contributed by atoms with E-state index in [9.17, 15) is 4.79 Å². The number of hydrogen-bond acceptors (Lipinski definition) is 4. The summed E-state index contributed by atoms with van der Waals surface area (Å²) in [5.74, 6) is 3.69. The van der Waals surface area contributed by atoms with E-state index in [0.717, 1.165) is 41.4 Å². The monoisotopic (exact) mass is 472 g/mol. The second-order valence-corrected chi connectivity index (χ2v) is 9.52. The fourth-order valence-electron chi connectivity index (χ4n) is 3.77. The van der Waals surface area contributed by atoms with Crippen LogP contribution in [0.1, 0.15) is 74.0 Å². The van der Waals surface area contributed by atoms with Crippen molar-refractivity contribution in [2.45, 2.75) is 67.7 Å². The van der Waals surface area contributed by atoms with Crippen LogP contribution in [-0.2, 0) is 0 Å². The van der Waals surface area contributed by atoms with Crippen molar-refractivity contribution in [2.24, 2.45) is 11.8 Å². The van der Waals surface area contributed by atoms with Crippen LogP contribution < -0.4 is 4.74 Å². The molecule has 0 saturated carbocycles. The van der Waals surface area contributed by atoms with Gasteiger partial charge in [0.05, 0.1) is 5.76 Å². The zero-order chi connectivity index (χ0) is 26.0. The van der Waals surface area contributed by atoms with Gasteiger partial charge in [-0.2, -0.15) is 0 Å². The number of aryl methyl sites for hydroxylation is 2. The van der Waals surface area contributed by atoms with Crippen molar-refractivity contribution in [2.75, 3.05) is 0 Å². The molecule has 0 aliphatic carbocycles. The average molecular weight is 473 g/mol. The molecule has 1 atom stereocenters. The maximum atomic E-state index is 11.5. The summed E-state index contributed by atoms with van der Waals surface area (Å²) in [6.45, 7) is 18.6. The molecule has 0 aliphatic heterocycles. The predicted molar refractivity (Wildman–Crippen MR) is 146 cm³/mol. The van der Waals surface area contributed by atoms with E-state index in [0.29, 0.717) is 17.3 Å². The van der Waals surface area contributed by atoms with Crippen molar-refractivity contribution in [1.82, 2.24) is 9.97 Å². The summed E-state index contributed by atoms with van der Waals surface area (Å²) in [6.07, 6.45) is 6.83. The third kappa shape index (κ3) is 8.47. The number of nitrogens with zero attached hydrogens (tertiary/aromatic N) is 2. The molecular weight excluding hydrogens is 432 g/mol. The Morgan fingerprint density at radius 1 is 1.00 bits per heavy atom. The minimum atomic E-state index is 0.0335. The molecule has 0 fully saturated rings. The molecule has 35 heavy (non-hydrogen) atoms. The second kappa shape index (κ2) is 13.6. The maximum absolute atomic E-state index is 11.5. The molecule has 3 rings (SSSR count). The smallest absolute Gasteiger partial charge is 0.160 e. The van der Waals surface area contributed by atoms with Gasteiger partial charge in [-0.25, -0.2) is 9.97 Å². The highest BCUT2D eigenvalue weighted by molar-refractivity contribution is 6.00. The normalized spacial score (nSPS) is 11.4. The first-order chi connectivity index (χ1) is 16.6. The quantitative estimate of drug-likeness (QED) is 0.232. The lowest BCUT2D eigenvalue weighted by Gasteiger charge is -2.20. The third-order valence-corrected chi connectivity index (χ3v) is 6.20. The molecule has 0 spiro atoms. The van der Waals surface area contributed by atoms with Crippen LogP contribution in [0.2, 0.25) is 0 Å². The van der Waals surface area contributed by atoms with E-state index < -0.39 is 0 Å². The van der Waals surface area contributed by atoms with Gasteiger partial charge < -0.3 is 4.74 Å². The molecule has 4 heteroatoms. The lowest BCUT2D eigenvalue weighted by atomic mass is 9.94. The minimum absolute atomic E-state index is 0.0335. The van der Waals surface area contributed by atoms with E-state index >= 15 is 0 Å². The summed E-state index contributed by atoms with van der Waals surface area (Å²) in [4.78, 5) is 19.9. The predicted octanol–water partition coefficient (Wildman–Crippen LogP) is 8.31. The lowest BCUT2D eigenvalue weighted by Crippen LogP contribution is -2.10. The van der Waals surface area contributed by atoms with Crippen LogP contribution >= 0.6 is 0 Å². The van der Waals surface area contributed by atoms with Crippen molar-refractivity contribution in [3.63, 3.8) is 0 Å². The zero-order valence-corrected chi connectivity index (χ0v) is 22.4. The SMILES string of the molecule is C=C(Oc1cccc(C)c1C)C(CC)CCC(C)C.CC(=O)c1cc(C)ccc1-c1ncccn1. The molecule has 0 radical (unpaired) electrons. The number of Topliss-reactive ketones (excluding diaryl/α,β-unsaturated/α-hetero) is 1. The zero-order valence-electron chi connectivity index (χ0n) is 22.4. The van der Waals surface area contributed by atoms with Crippen molar-refractivity contribution in [1.29, 1.82) is 0 Å². The molecule has 1 aromatic heterocycles. The van der Waals surface area contributed by atoms with Crippen LogP contribution in [0.25, 0.3) is 11.4 Å². The highest BCUT2D eigenvalue weighted by atomic mass is 16.5. The fourth-order valence-corrected chi connectivity index (χ4v) is 3.77. The molecule has 0 bridgehead atoms. The Labute approximate surface area is 211 Å². The number of aromatic nitrogens is 2. The van der Waals surface area contributed by atoms with E-state index in [-0.39, 0.29) is 5.78 Å². The number of benzene rings is 2. The molecule has 1 unspecified atom stereocenters. The van der Waals surface area contributed by atoms with Crippen molar-refractivity contribution in [3.8, 4) is 17.1 Å². The standard InChI is InChI=1S/C18H28O.C13H12N2O/c1-7-17(12-11-13(2)3)16(6)19-18-10-8-9-14(4)15(18)5;1-9-4-5-11(12(8-9)10(2)16)13-14-6-3-7-15-13/h8-10,13,17H,6-7,11-12H2,1-5H3;3-8H,1-2H3. The molecule has 4 nitrogen and oxygen atoms in total. The number of carbonyl (C=O) groups is 1. The molecule has 0 saturated heterocycles. The van der Waals surface area contributed by atoms with Gasteiger partial charge in [0, 0.05) is 29.4 Å². The van der Waals surface area contributed by atoms with E-state index in [1.807, 2.05) is 37.3 Å². The molecular formula is C31H40N2O2. The van der Waals surface area contributed by atoms with Crippen LogP contribution in [0.5, 0.6) is 5.75 Å². The Bertz CT molecular complexity index is 1120. The molecule has 0 aliphatic rings. The first-order valence-corrected chi connectivity index (χ1v) is 12.5. The number of carbonyl (C=O) groups excluding carboxylic acids is 1. The van der Waals surface area contributed by atoms with Gasteiger partial charge in [-0.3, -0.25) is 4.79 Å². The molecule has 1 heterocycles. The number of ether oxygens (including phenoxy) is 1. The first kappa shape index (κ1) is 28.0. The van der Waals surface area contributed by atoms with E-state index in [1.54, 1.807) is 25.4 Å². The van der Waals surface area contributed by atoms with Gasteiger partial charge in [-0.1, -0.05) is 63.6 Å². The molecule has 2 aromatic carbocycles. The number of ketones is 1. The van der Waals surface area contributed by atoms with Crippen molar-refractivity contribution >= 4 is 5.78 Å². The molecule has 186 valence electrons. The first-order valence-electron chi connectivity index (χ1n) is 12.5. The van der Waals surface area contributed by atoms with Gasteiger partial charge >= 0.3 is 0 Å². The van der Waals surface area contributed by atoms with Gasteiger partial charge in [0.15, 0.2) is 11.6 Å². The maximum Gasteiger partial charge on any atom is 0.160 e. The van der Waals surface area contributed by atoms with E-state index in [2.05, 4.69) is 57.2 Å². The number of allylic oxidation sites excluding steroid dienone is 1. The van der Waals surface area contributed by atoms with Gasteiger partial charge in [-0.15, -0.1) is 0 Å². The highest BCUT2D eigenvalue weighted by Gasteiger charge is 2.15. The second-order valence-electron chi connectivity index (χ2n) is 9.52. The van der Waals surface area contributed by atoms with Crippen molar-refractivity contribution in [3.05, 3.63) is 89.5 Å². The summed E-state index contributed by atoms with van der Waals surface area (Å²) < 4.78 is 6.02.